The first-order chi connectivity index (χ1) is 9.36. The molecule has 0 heterocycles. The molecular weight excluding hydrogens is 296 g/mol. The van der Waals surface area contributed by atoms with Gasteiger partial charge in [0.2, 0.25) is 10.0 Å². The predicted molar refractivity (Wildman–Crippen MR) is 80.0 cm³/mol. The fourth-order valence-electron chi connectivity index (χ4n) is 1.74. The number of sulfonamides is 1. The number of nitriles is 1. The monoisotopic (exact) mass is 314 g/mol. The summed E-state index contributed by atoms with van der Waals surface area (Å²) in [5.74, 6) is 0.619. The summed E-state index contributed by atoms with van der Waals surface area (Å²) in [6.45, 7) is 4.65. The molecule has 1 aromatic rings. The van der Waals surface area contributed by atoms with Gasteiger partial charge in [-0.15, -0.1) is 0 Å². The van der Waals surface area contributed by atoms with Gasteiger partial charge in [0.1, 0.15) is 4.90 Å². The predicted octanol–water partition coefficient (Wildman–Crippen LogP) is 3.32. The largest absolute Gasteiger partial charge is 0.242 e. The number of halogens is 1. The van der Waals surface area contributed by atoms with Gasteiger partial charge in [0, 0.05) is 6.54 Å². The molecule has 0 aliphatic rings. The summed E-state index contributed by atoms with van der Waals surface area (Å²) >= 11 is 5.89. The van der Waals surface area contributed by atoms with Crippen LogP contribution in [0.15, 0.2) is 23.1 Å². The van der Waals surface area contributed by atoms with E-state index in [4.69, 9.17) is 16.9 Å². The maximum Gasteiger partial charge on any atom is 0.242 e. The zero-order chi connectivity index (χ0) is 15.2. The molecule has 6 heteroatoms. The Morgan fingerprint density at radius 2 is 2.05 bits per heavy atom. The molecule has 0 radical (unpaired) electrons. The minimum atomic E-state index is -3.66. The van der Waals surface area contributed by atoms with Crippen molar-refractivity contribution in [2.75, 3.05) is 6.54 Å². The van der Waals surface area contributed by atoms with Gasteiger partial charge in [-0.2, -0.15) is 5.26 Å². The zero-order valence-electron chi connectivity index (χ0n) is 11.7. The highest BCUT2D eigenvalue weighted by molar-refractivity contribution is 7.89. The van der Waals surface area contributed by atoms with E-state index in [1.54, 1.807) is 0 Å². The first kappa shape index (κ1) is 17.0. The molecule has 0 spiro atoms. The lowest BCUT2D eigenvalue weighted by atomic mass is 10.1. The number of benzene rings is 1. The van der Waals surface area contributed by atoms with Crippen molar-refractivity contribution < 1.29 is 8.42 Å². The van der Waals surface area contributed by atoms with Crippen molar-refractivity contribution in [1.29, 1.82) is 5.26 Å². The van der Waals surface area contributed by atoms with Crippen molar-refractivity contribution in [3.8, 4) is 6.07 Å². The third-order valence-electron chi connectivity index (χ3n) is 2.85. The fourth-order valence-corrected chi connectivity index (χ4v) is 3.34. The SMILES string of the molecule is CC(C)CCCCNS(=O)(=O)c1cc(C#N)ccc1Cl. The molecule has 1 N–H and O–H groups in total. The minimum absolute atomic E-state index is 0.0397. The van der Waals surface area contributed by atoms with Crippen molar-refractivity contribution >= 4 is 21.6 Å². The summed E-state index contributed by atoms with van der Waals surface area (Å²) in [7, 11) is -3.66. The first-order valence-corrected chi connectivity index (χ1v) is 8.42. The van der Waals surface area contributed by atoms with Crippen LogP contribution in [0.3, 0.4) is 0 Å². The van der Waals surface area contributed by atoms with Gasteiger partial charge >= 0.3 is 0 Å². The van der Waals surface area contributed by atoms with E-state index in [0.717, 1.165) is 19.3 Å². The van der Waals surface area contributed by atoms with Gasteiger partial charge in [-0.25, -0.2) is 13.1 Å². The van der Waals surface area contributed by atoms with Gasteiger partial charge in [0.25, 0.3) is 0 Å². The Labute approximate surface area is 125 Å². The fraction of sp³-hybridized carbons (Fsp3) is 0.500. The molecule has 0 saturated heterocycles. The second-order valence-electron chi connectivity index (χ2n) is 5.04. The Morgan fingerprint density at radius 1 is 1.35 bits per heavy atom. The lowest BCUT2D eigenvalue weighted by Crippen LogP contribution is -2.25. The van der Waals surface area contributed by atoms with Crippen molar-refractivity contribution in [3.63, 3.8) is 0 Å². The van der Waals surface area contributed by atoms with Gasteiger partial charge in [0.05, 0.1) is 16.7 Å². The van der Waals surface area contributed by atoms with Crippen LogP contribution >= 0.6 is 11.6 Å². The molecule has 1 aromatic carbocycles. The van der Waals surface area contributed by atoms with Gasteiger partial charge in [-0.3, -0.25) is 0 Å². The maximum atomic E-state index is 12.1. The highest BCUT2D eigenvalue weighted by Gasteiger charge is 2.17. The quantitative estimate of drug-likeness (QED) is 0.785. The van der Waals surface area contributed by atoms with Crippen LogP contribution in [0.1, 0.15) is 38.7 Å². The normalized spacial score (nSPS) is 11.6. The first-order valence-electron chi connectivity index (χ1n) is 6.56. The summed E-state index contributed by atoms with van der Waals surface area (Å²) in [5.41, 5.74) is 0.273. The molecular formula is C14H19ClN2O2S. The Bertz CT molecular complexity index is 592. The number of rotatable bonds is 7. The number of unbranched alkanes of at least 4 members (excludes halogenated alkanes) is 1. The third-order valence-corrected chi connectivity index (χ3v) is 4.79. The molecule has 0 unspecified atom stereocenters. The average molecular weight is 315 g/mol. The zero-order valence-corrected chi connectivity index (χ0v) is 13.3. The highest BCUT2D eigenvalue weighted by Crippen LogP contribution is 2.22. The van der Waals surface area contributed by atoms with Gasteiger partial charge in [0.15, 0.2) is 0 Å². The van der Waals surface area contributed by atoms with Gasteiger partial charge in [-0.1, -0.05) is 38.3 Å². The van der Waals surface area contributed by atoms with Crippen LogP contribution in [0, 0.1) is 17.2 Å². The number of hydrogen-bond acceptors (Lipinski definition) is 3. The molecule has 0 aromatic heterocycles. The van der Waals surface area contributed by atoms with E-state index in [1.807, 2.05) is 6.07 Å². The molecule has 0 amide bonds. The average Bonchev–Trinajstić information content (AvgIpc) is 2.38. The lowest BCUT2D eigenvalue weighted by Gasteiger charge is -2.09. The smallest absolute Gasteiger partial charge is 0.211 e. The van der Waals surface area contributed by atoms with Gasteiger partial charge in [-0.05, 0) is 30.5 Å². The summed E-state index contributed by atoms with van der Waals surface area (Å²) < 4.78 is 26.7. The van der Waals surface area contributed by atoms with Crippen LogP contribution < -0.4 is 4.72 Å². The van der Waals surface area contributed by atoms with Crippen molar-refractivity contribution in [2.45, 2.75) is 38.0 Å². The Hall–Kier alpha value is -1.09. The van der Waals surface area contributed by atoms with E-state index < -0.39 is 10.0 Å². The molecule has 1 rings (SSSR count). The second kappa shape index (κ2) is 7.63. The summed E-state index contributed by atoms with van der Waals surface area (Å²) in [6, 6.07) is 6.11. The number of nitrogens with one attached hydrogen (secondary N) is 1. The van der Waals surface area contributed by atoms with Gasteiger partial charge < -0.3 is 0 Å². The van der Waals surface area contributed by atoms with E-state index in [0.29, 0.717) is 12.5 Å². The molecule has 0 saturated carbocycles. The second-order valence-corrected chi connectivity index (χ2v) is 7.19. The molecule has 4 nitrogen and oxygen atoms in total. The van der Waals surface area contributed by atoms with Crippen molar-refractivity contribution in [3.05, 3.63) is 28.8 Å². The molecule has 0 fully saturated rings. The Balaban J connectivity index is 2.67. The van der Waals surface area contributed by atoms with Crippen LogP contribution in [-0.2, 0) is 10.0 Å². The summed E-state index contributed by atoms with van der Waals surface area (Å²) in [6.07, 6.45) is 2.84. The van der Waals surface area contributed by atoms with Crippen LogP contribution in [-0.4, -0.2) is 15.0 Å². The standard InChI is InChI=1S/C14H19ClN2O2S/c1-11(2)5-3-4-8-17-20(18,19)14-9-12(10-16)6-7-13(14)15/h6-7,9,11,17H,3-5,8H2,1-2H3. The van der Waals surface area contributed by atoms with Crippen molar-refractivity contribution in [2.24, 2.45) is 5.92 Å². The van der Waals surface area contributed by atoms with Crippen LogP contribution in [0.25, 0.3) is 0 Å². The van der Waals surface area contributed by atoms with Crippen LogP contribution in [0.5, 0.6) is 0 Å². The van der Waals surface area contributed by atoms with E-state index >= 15 is 0 Å². The molecule has 0 aliphatic heterocycles. The number of hydrogen-bond donors (Lipinski definition) is 1. The lowest BCUT2D eigenvalue weighted by molar-refractivity contribution is 0.530. The Morgan fingerprint density at radius 3 is 2.65 bits per heavy atom. The molecule has 0 bridgehead atoms. The summed E-state index contributed by atoms with van der Waals surface area (Å²) in [4.78, 5) is -0.0397. The van der Waals surface area contributed by atoms with E-state index in [-0.39, 0.29) is 15.5 Å². The van der Waals surface area contributed by atoms with E-state index in [9.17, 15) is 8.42 Å². The topological polar surface area (TPSA) is 70.0 Å². The number of nitrogens with zero attached hydrogens (tertiary/aromatic N) is 1. The third kappa shape index (κ3) is 5.12. The molecule has 0 atom stereocenters. The van der Waals surface area contributed by atoms with Crippen LogP contribution in [0.4, 0.5) is 0 Å². The Kier molecular flexibility index (Phi) is 6.47. The molecule has 110 valence electrons. The van der Waals surface area contributed by atoms with Crippen molar-refractivity contribution in [1.82, 2.24) is 4.72 Å². The maximum absolute atomic E-state index is 12.1. The van der Waals surface area contributed by atoms with E-state index in [1.165, 1.54) is 18.2 Å². The van der Waals surface area contributed by atoms with Crippen LogP contribution in [0.2, 0.25) is 5.02 Å². The molecule has 0 aliphatic carbocycles. The summed E-state index contributed by atoms with van der Waals surface area (Å²) in [5, 5.41) is 8.93. The highest BCUT2D eigenvalue weighted by atomic mass is 35.5. The molecule has 20 heavy (non-hydrogen) atoms. The minimum Gasteiger partial charge on any atom is -0.211 e. The van der Waals surface area contributed by atoms with E-state index in [2.05, 4.69) is 18.6 Å².